The average Bonchev–Trinajstić information content (AvgIpc) is 3.04. The summed E-state index contributed by atoms with van der Waals surface area (Å²) in [6, 6.07) is 6.02. The molecule has 2 saturated heterocycles. The molecule has 2 fully saturated rings. The molecule has 1 N–H and O–H groups in total. The molecule has 6 heteroatoms. The van der Waals surface area contributed by atoms with Gasteiger partial charge in [-0.3, -0.25) is 9.59 Å². The number of anilines is 1. The van der Waals surface area contributed by atoms with Gasteiger partial charge >= 0.3 is 0 Å². The van der Waals surface area contributed by atoms with E-state index in [9.17, 15) is 9.59 Å². The molecule has 0 radical (unpaired) electrons. The summed E-state index contributed by atoms with van der Waals surface area (Å²) in [7, 11) is 0. The molecule has 0 aliphatic carbocycles. The topological polar surface area (TPSA) is 58.6 Å². The maximum Gasteiger partial charge on any atom is 0.227 e. The van der Waals surface area contributed by atoms with Crippen molar-refractivity contribution in [2.45, 2.75) is 38.4 Å². The Labute approximate surface area is 159 Å². The minimum atomic E-state index is -0.253. The number of nitrogens with one attached hydrogen (secondary N) is 1. The fourth-order valence-corrected chi connectivity index (χ4v) is 4.49. The van der Waals surface area contributed by atoms with Gasteiger partial charge in [-0.1, -0.05) is 6.07 Å². The van der Waals surface area contributed by atoms with Crippen molar-refractivity contribution in [1.29, 1.82) is 0 Å². The summed E-state index contributed by atoms with van der Waals surface area (Å²) >= 11 is 1.91. The lowest BCUT2D eigenvalue weighted by molar-refractivity contribution is -0.126. The van der Waals surface area contributed by atoms with Crippen LogP contribution in [0.1, 0.15) is 30.4 Å². The van der Waals surface area contributed by atoms with E-state index in [1.54, 1.807) is 4.90 Å². The number of benzene rings is 1. The Hall–Kier alpha value is -1.53. The van der Waals surface area contributed by atoms with Crippen molar-refractivity contribution in [2.75, 3.05) is 37.0 Å². The Morgan fingerprint density at radius 1 is 1.27 bits per heavy atom. The second-order valence-corrected chi connectivity index (χ2v) is 8.56. The minimum Gasteiger partial charge on any atom is -0.381 e. The Kier molecular flexibility index (Phi) is 6.59. The van der Waals surface area contributed by atoms with Crippen molar-refractivity contribution in [3.05, 3.63) is 29.3 Å². The minimum absolute atomic E-state index is 0.00254. The SMILES string of the molecule is Cc1ccc(N2CC(C(=O)NCCSC3CCOCC3)CC2=O)cc1C. The van der Waals surface area contributed by atoms with Crippen molar-refractivity contribution in [1.82, 2.24) is 5.32 Å². The maximum absolute atomic E-state index is 12.4. The van der Waals surface area contributed by atoms with Gasteiger partial charge in [0.15, 0.2) is 0 Å². The summed E-state index contributed by atoms with van der Waals surface area (Å²) in [5.41, 5.74) is 3.26. The Morgan fingerprint density at radius 3 is 2.77 bits per heavy atom. The van der Waals surface area contributed by atoms with E-state index in [2.05, 4.69) is 12.2 Å². The van der Waals surface area contributed by atoms with Gasteiger partial charge in [-0.25, -0.2) is 0 Å². The number of rotatable bonds is 6. The molecular formula is C20H28N2O3S. The number of nitrogens with zero attached hydrogens (tertiary/aromatic N) is 1. The first kappa shape index (κ1) is 19.2. The lowest BCUT2D eigenvalue weighted by Gasteiger charge is -2.21. The van der Waals surface area contributed by atoms with Gasteiger partial charge in [-0.2, -0.15) is 11.8 Å². The molecule has 1 atom stereocenters. The highest BCUT2D eigenvalue weighted by Gasteiger charge is 2.35. The van der Waals surface area contributed by atoms with Gasteiger partial charge in [-0.05, 0) is 49.9 Å². The summed E-state index contributed by atoms with van der Waals surface area (Å²) in [4.78, 5) is 26.5. The molecule has 0 saturated carbocycles. The molecule has 1 aromatic carbocycles. The molecule has 0 aromatic heterocycles. The van der Waals surface area contributed by atoms with Gasteiger partial charge in [-0.15, -0.1) is 0 Å². The van der Waals surface area contributed by atoms with E-state index >= 15 is 0 Å². The van der Waals surface area contributed by atoms with Gasteiger partial charge in [0.25, 0.3) is 0 Å². The van der Waals surface area contributed by atoms with E-state index in [1.165, 1.54) is 5.56 Å². The number of amides is 2. The Morgan fingerprint density at radius 2 is 2.04 bits per heavy atom. The maximum atomic E-state index is 12.4. The monoisotopic (exact) mass is 376 g/mol. The third-order valence-corrected chi connectivity index (χ3v) is 6.60. The third kappa shape index (κ3) is 4.80. The van der Waals surface area contributed by atoms with E-state index in [4.69, 9.17) is 4.74 Å². The van der Waals surface area contributed by atoms with E-state index in [0.29, 0.717) is 24.8 Å². The standard InChI is InChI=1S/C20H28N2O3S/c1-14-3-4-17(11-15(14)2)22-13-16(12-19(22)23)20(24)21-7-10-26-18-5-8-25-9-6-18/h3-4,11,16,18H,5-10,12-13H2,1-2H3,(H,21,24). The lowest BCUT2D eigenvalue weighted by atomic mass is 10.1. The van der Waals surface area contributed by atoms with E-state index in [1.807, 2.05) is 36.9 Å². The highest BCUT2D eigenvalue weighted by molar-refractivity contribution is 7.99. The van der Waals surface area contributed by atoms with Crippen LogP contribution < -0.4 is 10.2 Å². The summed E-state index contributed by atoms with van der Waals surface area (Å²) < 4.78 is 5.36. The van der Waals surface area contributed by atoms with Crippen LogP contribution in [0.5, 0.6) is 0 Å². The number of carbonyl (C=O) groups excluding carboxylic acids is 2. The molecule has 2 aliphatic heterocycles. The van der Waals surface area contributed by atoms with E-state index < -0.39 is 0 Å². The number of thioether (sulfide) groups is 1. The van der Waals surface area contributed by atoms with Crippen LogP contribution in [0.25, 0.3) is 0 Å². The van der Waals surface area contributed by atoms with Crippen molar-refractivity contribution >= 4 is 29.3 Å². The van der Waals surface area contributed by atoms with Gasteiger partial charge < -0.3 is 15.0 Å². The Bertz CT molecular complexity index is 658. The number of ether oxygens (including phenoxy) is 1. The molecule has 0 bridgehead atoms. The first-order valence-corrected chi connectivity index (χ1v) is 10.4. The Balaban J connectivity index is 1.45. The summed E-state index contributed by atoms with van der Waals surface area (Å²) in [6.45, 7) is 6.93. The zero-order chi connectivity index (χ0) is 18.5. The molecule has 2 amide bonds. The van der Waals surface area contributed by atoms with Crippen LogP contribution in [0, 0.1) is 19.8 Å². The van der Waals surface area contributed by atoms with Gasteiger partial charge in [0.2, 0.25) is 11.8 Å². The summed E-state index contributed by atoms with van der Waals surface area (Å²) in [5, 5.41) is 3.65. The largest absolute Gasteiger partial charge is 0.381 e. The normalized spacial score (nSPS) is 21.2. The van der Waals surface area contributed by atoms with Crippen LogP contribution in [-0.4, -0.2) is 49.1 Å². The van der Waals surface area contributed by atoms with Crippen molar-refractivity contribution in [3.63, 3.8) is 0 Å². The first-order valence-electron chi connectivity index (χ1n) is 9.39. The molecule has 1 unspecified atom stereocenters. The average molecular weight is 377 g/mol. The second-order valence-electron chi connectivity index (χ2n) is 7.15. The second kappa shape index (κ2) is 8.91. The molecule has 5 nitrogen and oxygen atoms in total. The molecule has 2 heterocycles. The van der Waals surface area contributed by atoms with E-state index in [0.717, 1.165) is 43.1 Å². The summed E-state index contributed by atoms with van der Waals surface area (Å²) in [5.74, 6) is 0.692. The predicted octanol–water partition coefficient (Wildman–Crippen LogP) is 2.68. The quantitative estimate of drug-likeness (QED) is 0.776. The first-order chi connectivity index (χ1) is 12.5. The van der Waals surface area contributed by atoms with Crippen LogP contribution in [0.15, 0.2) is 18.2 Å². The third-order valence-electron chi connectivity index (χ3n) is 5.22. The highest BCUT2D eigenvalue weighted by Crippen LogP contribution is 2.27. The molecule has 3 rings (SSSR count). The molecule has 26 heavy (non-hydrogen) atoms. The highest BCUT2D eigenvalue weighted by atomic mass is 32.2. The predicted molar refractivity (Wildman–Crippen MR) is 106 cm³/mol. The van der Waals surface area contributed by atoms with Crippen molar-refractivity contribution in [2.24, 2.45) is 5.92 Å². The van der Waals surface area contributed by atoms with Gasteiger partial charge in [0, 0.05) is 49.4 Å². The van der Waals surface area contributed by atoms with Crippen LogP contribution in [0.4, 0.5) is 5.69 Å². The molecule has 142 valence electrons. The van der Waals surface area contributed by atoms with Crippen LogP contribution >= 0.6 is 11.8 Å². The number of hydrogen-bond acceptors (Lipinski definition) is 4. The molecular weight excluding hydrogens is 348 g/mol. The number of aryl methyl sites for hydroxylation is 2. The molecule has 2 aliphatic rings. The molecule has 1 aromatic rings. The zero-order valence-corrected chi connectivity index (χ0v) is 16.4. The zero-order valence-electron chi connectivity index (χ0n) is 15.6. The lowest BCUT2D eigenvalue weighted by Crippen LogP contribution is -2.34. The fraction of sp³-hybridized carbons (Fsp3) is 0.600. The van der Waals surface area contributed by atoms with Gasteiger partial charge in [0.1, 0.15) is 0 Å². The molecule has 0 spiro atoms. The van der Waals surface area contributed by atoms with Crippen LogP contribution in [-0.2, 0) is 14.3 Å². The van der Waals surface area contributed by atoms with Crippen LogP contribution in [0.2, 0.25) is 0 Å². The fourth-order valence-electron chi connectivity index (χ4n) is 3.41. The van der Waals surface area contributed by atoms with Gasteiger partial charge in [0.05, 0.1) is 5.92 Å². The van der Waals surface area contributed by atoms with Crippen molar-refractivity contribution in [3.8, 4) is 0 Å². The smallest absolute Gasteiger partial charge is 0.227 e. The summed E-state index contributed by atoms with van der Waals surface area (Å²) in [6.07, 6.45) is 2.49. The van der Waals surface area contributed by atoms with Crippen molar-refractivity contribution < 1.29 is 14.3 Å². The van der Waals surface area contributed by atoms with E-state index in [-0.39, 0.29) is 17.7 Å². The number of hydrogen-bond donors (Lipinski definition) is 1. The number of carbonyl (C=O) groups is 2. The van der Waals surface area contributed by atoms with Crippen LogP contribution in [0.3, 0.4) is 0 Å².